The fourth-order valence-corrected chi connectivity index (χ4v) is 4.05. The Bertz CT molecular complexity index is 875. The number of aromatic nitrogens is 2. The normalized spacial score (nSPS) is 10.8. The Hall–Kier alpha value is -2.12. The highest BCUT2D eigenvalue weighted by molar-refractivity contribution is 7.98. The average molecular weight is 359 g/mol. The van der Waals surface area contributed by atoms with Crippen LogP contribution in [0.15, 0.2) is 46.6 Å². The van der Waals surface area contributed by atoms with Gasteiger partial charge in [-0.15, -0.1) is 11.3 Å². The van der Waals surface area contributed by atoms with Crippen LogP contribution >= 0.6 is 23.1 Å². The maximum atomic E-state index is 12.1. The molecule has 1 amide bonds. The highest BCUT2D eigenvalue weighted by atomic mass is 32.2. The SMILES string of the molecule is O=C(Cc1n[nH]c(=O)c2ccccc12)NCCSCc1cccs1. The summed E-state index contributed by atoms with van der Waals surface area (Å²) in [4.78, 5) is 25.2. The second kappa shape index (κ2) is 8.12. The molecule has 2 N–H and O–H groups in total. The second-order valence-corrected chi connectivity index (χ2v) is 7.34. The van der Waals surface area contributed by atoms with Crippen molar-refractivity contribution in [2.75, 3.05) is 12.3 Å². The molecule has 3 aromatic rings. The summed E-state index contributed by atoms with van der Waals surface area (Å²) in [5, 5.41) is 12.7. The Morgan fingerprint density at radius 2 is 2.04 bits per heavy atom. The van der Waals surface area contributed by atoms with Gasteiger partial charge in [0.1, 0.15) is 0 Å². The van der Waals surface area contributed by atoms with Gasteiger partial charge in [-0.25, -0.2) is 5.10 Å². The molecule has 2 heterocycles. The number of aromatic amines is 1. The zero-order chi connectivity index (χ0) is 16.8. The minimum Gasteiger partial charge on any atom is -0.355 e. The standard InChI is InChI=1S/C17H17N3O2S2/c21-16(18-7-9-23-11-12-4-3-8-24-12)10-15-13-5-1-2-6-14(13)17(22)20-19-15/h1-6,8H,7,9-11H2,(H,18,21)(H,20,22). The Morgan fingerprint density at radius 3 is 2.83 bits per heavy atom. The lowest BCUT2D eigenvalue weighted by molar-refractivity contribution is -0.120. The van der Waals surface area contributed by atoms with Crippen molar-refractivity contribution >= 4 is 39.8 Å². The summed E-state index contributed by atoms with van der Waals surface area (Å²) in [6.45, 7) is 0.621. The van der Waals surface area contributed by atoms with Gasteiger partial charge in [0.05, 0.1) is 17.5 Å². The summed E-state index contributed by atoms with van der Waals surface area (Å²) < 4.78 is 0. The van der Waals surface area contributed by atoms with Crippen LogP contribution in [-0.4, -0.2) is 28.4 Å². The molecule has 0 radical (unpaired) electrons. The van der Waals surface area contributed by atoms with E-state index in [9.17, 15) is 9.59 Å². The van der Waals surface area contributed by atoms with Crippen LogP contribution in [0.2, 0.25) is 0 Å². The number of benzene rings is 1. The van der Waals surface area contributed by atoms with Crippen LogP contribution in [0, 0.1) is 0 Å². The Morgan fingerprint density at radius 1 is 1.21 bits per heavy atom. The quantitative estimate of drug-likeness (QED) is 0.636. The summed E-state index contributed by atoms with van der Waals surface area (Å²) in [6, 6.07) is 11.3. The van der Waals surface area contributed by atoms with Crippen molar-refractivity contribution in [3.63, 3.8) is 0 Å². The minimum absolute atomic E-state index is 0.0866. The maximum absolute atomic E-state index is 12.1. The Labute approximate surface area is 147 Å². The molecule has 0 saturated heterocycles. The molecule has 0 aliphatic carbocycles. The summed E-state index contributed by atoms with van der Waals surface area (Å²) in [6.07, 6.45) is 0.160. The summed E-state index contributed by atoms with van der Waals surface area (Å²) in [7, 11) is 0. The molecule has 5 nitrogen and oxygen atoms in total. The first-order valence-electron chi connectivity index (χ1n) is 7.57. The number of nitrogens with one attached hydrogen (secondary N) is 2. The van der Waals surface area contributed by atoms with E-state index in [1.54, 1.807) is 35.2 Å². The molecule has 0 bridgehead atoms. The van der Waals surface area contributed by atoms with E-state index in [0.717, 1.165) is 16.9 Å². The van der Waals surface area contributed by atoms with Crippen molar-refractivity contribution in [2.45, 2.75) is 12.2 Å². The van der Waals surface area contributed by atoms with Crippen LogP contribution in [0.4, 0.5) is 0 Å². The third kappa shape index (κ3) is 4.24. The number of nitrogens with zero attached hydrogens (tertiary/aromatic N) is 1. The van der Waals surface area contributed by atoms with Gasteiger partial charge in [-0.05, 0) is 17.5 Å². The topological polar surface area (TPSA) is 74.8 Å². The molecule has 0 fully saturated rings. The molecule has 0 spiro atoms. The van der Waals surface area contributed by atoms with Crippen molar-refractivity contribution in [1.29, 1.82) is 0 Å². The molecule has 0 saturated carbocycles. The first kappa shape index (κ1) is 16.7. The number of fused-ring (bicyclic) bond motifs is 1. The van der Waals surface area contributed by atoms with E-state index in [1.807, 2.05) is 18.2 Å². The molecule has 1 aromatic carbocycles. The number of hydrogen-bond donors (Lipinski definition) is 2. The van der Waals surface area contributed by atoms with Gasteiger partial charge in [0.15, 0.2) is 0 Å². The summed E-state index contributed by atoms with van der Waals surface area (Å²) in [5.41, 5.74) is 0.355. The van der Waals surface area contributed by atoms with E-state index < -0.39 is 0 Å². The van der Waals surface area contributed by atoms with Crippen LogP contribution < -0.4 is 10.9 Å². The van der Waals surface area contributed by atoms with E-state index in [0.29, 0.717) is 17.6 Å². The number of rotatable bonds is 7. The van der Waals surface area contributed by atoms with E-state index >= 15 is 0 Å². The number of hydrogen-bond acceptors (Lipinski definition) is 5. The van der Waals surface area contributed by atoms with E-state index in [4.69, 9.17) is 0 Å². The van der Waals surface area contributed by atoms with E-state index in [2.05, 4.69) is 27.0 Å². The predicted octanol–water partition coefficient (Wildman–Crippen LogP) is 2.58. The zero-order valence-electron chi connectivity index (χ0n) is 13.0. The van der Waals surface area contributed by atoms with Crippen LogP contribution in [0.3, 0.4) is 0 Å². The third-order valence-corrected chi connectivity index (χ3v) is 5.56. The fraction of sp³-hybridized carbons (Fsp3) is 0.235. The maximum Gasteiger partial charge on any atom is 0.272 e. The third-order valence-electron chi connectivity index (χ3n) is 3.50. The van der Waals surface area contributed by atoms with Crippen molar-refractivity contribution in [3.05, 3.63) is 62.7 Å². The molecular formula is C17H17N3O2S2. The summed E-state index contributed by atoms with van der Waals surface area (Å²) >= 11 is 3.54. The molecule has 24 heavy (non-hydrogen) atoms. The molecule has 0 aliphatic heterocycles. The Balaban J connectivity index is 1.50. The van der Waals surface area contributed by atoms with Gasteiger partial charge in [0.2, 0.25) is 5.91 Å². The highest BCUT2D eigenvalue weighted by Crippen LogP contribution is 2.16. The van der Waals surface area contributed by atoms with Gasteiger partial charge in [-0.3, -0.25) is 9.59 Å². The van der Waals surface area contributed by atoms with Crippen molar-refractivity contribution in [2.24, 2.45) is 0 Å². The molecule has 0 atom stereocenters. The number of carbonyl (C=O) groups is 1. The van der Waals surface area contributed by atoms with Gasteiger partial charge < -0.3 is 5.32 Å². The van der Waals surface area contributed by atoms with E-state index in [1.165, 1.54) is 4.88 Å². The predicted molar refractivity (Wildman–Crippen MR) is 99.6 cm³/mol. The number of thiophene rings is 1. The second-order valence-electron chi connectivity index (χ2n) is 5.20. The fourth-order valence-electron chi connectivity index (χ4n) is 2.35. The molecule has 3 rings (SSSR count). The summed E-state index contributed by atoms with van der Waals surface area (Å²) in [5.74, 6) is 1.75. The van der Waals surface area contributed by atoms with E-state index in [-0.39, 0.29) is 17.9 Å². The molecule has 124 valence electrons. The number of thioether (sulfide) groups is 1. The van der Waals surface area contributed by atoms with Crippen molar-refractivity contribution in [3.8, 4) is 0 Å². The Kier molecular flexibility index (Phi) is 5.66. The average Bonchev–Trinajstić information content (AvgIpc) is 3.11. The minimum atomic E-state index is -0.236. The van der Waals surface area contributed by atoms with Crippen LogP contribution in [-0.2, 0) is 17.0 Å². The monoisotopic (exact) mass is 359 g/mol. The van der Waals surface area contributed by atoms with Gasteiger partial charge >= 0.3 is 0 Å². The molecule has 2 aromatic heterocycles. The smallest absolute Gasteiger partial charge is 0.272 e. The number of amides is 1. The van der Waals surface area contributed by atoms with Gasteiger partial charge in [-0.2, -0.15) is 16.9 Å². The molecule has 0 unspecified atom stereocenters. The van der Waals surface area contributed by atoms with Crippen molar-refractivity contribution in [1.82, 2.24) is 15.5 Å². The number of H-pyrrole nitrogens is 1. The lowest BCUT2D eigenvalue weighted by Gasteiger charge is -2.06. The van der Waals surface area contributed by atoms with Crippen LogP contribution in [0.25, 0.3) is 10.8 Å². The molecule has 7 heteroatoms. The van der Waals surface area contributed by atoms with Crippen molar-refractivity contribution < 1.29 is 4.79 Å². The van der Waals surface area contributed by atoms with Gasteiger partial charge in [0.25, 0.3) is 5.56 Å². The lowest BCUT2D eigenvalue weighted by atomic mass is 10.1. The lowest BCUT2D eigenvalue weighted by Crippen LogP contribution is -2.28. The number of carbonyl (C=O) groups excluding carboxylic acids is 1. The first-order valence-corrected chi connectivity index (χ1v) is 9.60. The molecule has 0 aliphatic rings. The van der Waals surface area contributed by atoms with Crippen LogP contribution in [0.1, 0.15) is 10.6 Å². The van der Waals surface area contributed by atoms with Gasteiger partial charge in [0, 0.05) is 28.3 Å². The zero-order valence-corrected chi connectivity index (χ0v) is 14.6. The highest BCUT2D eigenvalue weighted by Gasteiger charge is 2.10. The first-order chi connectivity index (χ1) is 11.7. The largest absolute Gasteiger partial charge is 0.355 e. The molecular weight excluding hydrogens is 342 g/mol. The van der Waals surface area contributed by atoms with Crippen LogP contribution in [0.5, 0.6) is 0 Å². The van der Waals surface area contributed by atoms with Gasteiger partial charge in [-0.1, -0.05) is 24.3 Å².